The third-order valence-corrected chi connectivity index (χ3v) is 4.89. The van der Waals surface area contributed by atoms with Crippen molar-refractivity contribution in [2.45, 2.75) is 37.1 Å². The van der Waals surface area contributed by atoms with Gasteiger partial charge in [-0.25, -0.2) is 13.2 Å². The normalized spacial score (nSPS) is 15.8. The predicted molar refractivity (Wildman–Crippen MR) is 74.9 cm³/mol. The number of alkyl halides is 3. The molecule has 1 fully saturated rings. The van der Waals surface area contributed by atoms with Crippen LogP contribution in [0.25, 0.3) is 0 Å². The molecule has 0 atom stereocenters. The van der Waals surface area contributed by atoms with Crippen LogP contribution in [-0.2, 0) is 14.8 Å². The largest absolute Gasteiger partial charge is 0.490 e. The SMILES string of the molecule is O=C(O)C(F)(F)F.O=S(=O)(Nc1ccccc1)C1CCCC1. The van der Waals surface area contributed by atoms with E-state index >= 15 is 0 Å². The summed E-state index contributed by atoms with van der Waals surface area (Å²) >= 11 is 0. The Balaban J connectivity index is 0.000000295. The van der Waals surface area contributed by atoms with Gasteiger partial charge in [0.2, 0.25) is 10.0 Å². The number of halogens is 3. The molecule has 1 saturated carbocycles. The highest BCUT2D eigenvalue weighted by molar-refractivity contribution is 7.93. The molecular formula is C13H16F3NO4S. The van der Waals surface area contributed by atoms with E-state index in [1.165, 1.54) is 0 Å². The highest BCUT2D eigenvalue weighted by Gasteiger charge is 2.38. The summed E-state index contributed by atoms with van der Waals surface area (Å²) in [4.78, 5) is 8.90. The lowest BCUT2D eigenvalue weighted by Crippen LogP contribution is -2.25. The van der Waals surface area contributed by atoms with Crippen LogP contribution in [0, 0.1) is 0 Å². The topological polar surface area (TPSA) is 83.5 Å². The minimum atomic E-state index is -5.08. The Hall–Kier alpha value is -1.77. The van der Waals surface area contributed by atoms with Crippen LogP contribution < -0.4 is 4.72 Å². The highest BCUT2D eigenvalue weighted by atomic mass is 32.2. The summed E-state index contributed by atoms with van der Waals surface area (Å²) in [7, 11) is -3.16. The van der Waals surface area contributed by atoms with E-state index in [2.05, 4.69) is 4.72 Å². The first-order chi connectivity index (χ1) is 10.1. The number of benzene rings is 1. The molecule has 1 aliphatic carbocycles. The minimum absolute atomic E-state index is 0.197. The van der Waals surface area contributed by atoms with Gasteiger partial charge in [0.25, 0.3) is 0 Å². The van der Waals surface area contributed by atoms with Crippen molar-refractivity contribution in [2.75, 3.05) is 4.72 Å². The van der Waals surface area contributed by atoms with Crippen LogP contribution in [0.2, 0.25) is 0 Å². The molecule has 124 valence electrons. The van der Waals surface area contributed by atoms with Crippen LogP contribution in [0.4, 0.5) is 18.9 Å². The Morgan fingerprint density at radius 1 is 1.14 bits per heavy atom. The van der Waals surface area contributed by atoms with Gasteiger partial charge in [0.05, 0.1) is 5.25 Å². The number of para-hydroxylation sites is 1. The first-order valence-corrected chi connectivity index (χ1v) is 8.04. The van der Waals surface area contributed by atoms with E-state index in [9.17, 15) is 21.6 Å². The summed E-state index contributed by atoms with van der Waals surface area (Å²) in [5.74, 6) is -2.76. The molecule has 0 amide bonds. The zero-order valence-electron chi connectivity index (χ0n) is 11.5. The molecular weight excluding hydrogens is 323 g/mol. The van der Waals surface area contributed by atoms with Crippen LogP contribution in [0.3, 0.4) is 0 Å². The second-order valence-electron chi connectivity index (χ2n) is 4.72. The zero-order valence-corrected chi connectivity index (χ0v) is 12.3. The molecule has 5 nitrogen and oxygen atoms in total. The highest BCUT2D eigenvalue weighted by Crippen LogP contribution is 2.25. The van der Waals surface area contributed by atoms with Crippen LogP contribution >= 0.6 is 0 Å². The van der Waals surface area contributed by atoms with Gasteiger partial charge >= 0.3 is 12.1 Å². The van der Waals surface area contributed by atoms with Crippen molar-refractivity contribution in [3.05, 3.63) is 30.3 Å². The molecule has 22 heavy (non-hydrogen) atoms. The first kappa shape index (κ1) is 18.3. The fraction of sp³-hybridized carbons (Fsp3) is 0.462. The van der Waals surface area contributed by atoms with Gasteiger partial charge in [0, 0.05) is 5.69 Å². The Labute approximate surface area is 126 Å². The number of hydrogen-bond acceptors (Lipinski definition) is 3. The van der Waals surface area contributed by atoms with Crippen molar-refractivity contribution >= 4 is 21.7 Å². The Kier molecular flexibility index (Phi) is 6.21. The van der Waals surface area contributed by atoms with Gasteiger partial charge in [-0.2, -0.15) is 13.2 Å². The number of hydrogen-bond donors (Lipinski definition) is 2. The van der Waals surface area contributed by atoms with Crippen molar-refractivity contribution in [2.24, 2.45) is 0 Å². The summed E-state index contributed by atoms with van der Waals surface area (Å²) in [5.41, 5.74) is 0.657. The van der Waals surface area contributed by atoms with E-state index in [0.717, 1.165) is 25.7 Å². The molecule has 9 heteroatoms. The molecule has 1 aliphatic rings. The fourth-order valence-corrected chi connectivity index (χ4v) is 3.54. The summed E-state index contributed by atoms with van der Waals surface area (Å²) in [6.45, 7) is 0. The van der Waals surface area contributed by atoms with Crippen molar-refractivity contribution in [3.63, 3.8) is 0 Å². The van der Waals surface area contributed by atoms with E-state index in [-0.39, 0.29) is 5.25 Å². The van der Waals surface area contributed by atoms with Gasteiger partial charge in [0.15, 0.2) is 0 Å². The minimum Gasteiger partial charge on any atom is -0.475 e. The average Bonchev–Trinajstić information content (AvgIpc) is 2.93. The summed E-state index contributed by atoms with van der Waals surface area (Å²) in [6, 6.07) is 9.06. The van der Waals surface area contributed by atoms with E-state index < -0.39 is 22.2 Å². The van der Waals surface area contributed by atoms with Gasteiger partial charge in [0.1, 0.15) is 0 Å². The van der Waals surface area contributed by atoms with E-state index in [1.807, 2.05) is 18.2 Å². The van der Waals surface area contributed by atoms with Crippen molar-refractivity contribution in [1.82, 2.24) is 0 Å². The van der Waals surface area contributed by atoms with E-state index in [4.69, 9.17) is 9.90 Å². The van der Waals surface area contributed by atoms with Gasteiger partial charge in [-0.1, -0.05) is 31.0 Å². The lowest BCUT2D eigenvalue weighted by atomic mass is 10.3. The number of anilines is 1. The van der Waals surface area contributed by atoms with E-state index in [1.54, 1.807) is 12.1 Å². The molecule has 2 rings (SSSR count). The monoisotopic (exact) mass is 339 g/mol. The number of carboxylic acid groups (broad SMARTS) is 1. The third kappa shape index (κ3) is 5.92. The van der Waals surface area contributed by atoms with Crippen molar-refractivity contribution in [3.8, 4) is 0 Å². The van der Waals surface area contributed by atoms with Crippen LogP contribution in [0.1, 0.15) is 25.7 Å². The number of rotatable bonds is 3. The maximum absolute atomic E-state index is 11.9. The smallest absolute Gasteiger partial charge is 0.475 e. The summed E-state index contributed by atoms with van der Waals surface area (Å²) in [5, 5.41) is 6.93. The third-order valence-electron chi connectivity index (χ3n) is 3.02. The molecule has 0 aliphatic heterocycles. The van der Waals surface area contributed by atoms with Crippen LogP contribution in [-0.4, -0.2) is 30.9 Å². The second kappa shape index (κ2) is 7.48. The molecule has 0 unspecified atom stereocenters. The first-order valence-electron chi connectivity index (χ1n) is 6.50. The van der Waals surface area contributed by atoms with Gasteiger partial charge in [-0.15, -0.1) is 0 Å². The lowest BCUT2D eigenvalue weighted by Gasteiger charge is -2.12. The Bertz CT molecular complexity index is 581. The summed E-state index contributed by atoms with van der Waals surface area (Å²) < 4.78 is 58.2. The lowest BCUT2D eigenvalue weighted by molar-refractivity contribution is -0.192. The van der Waals surface area contributed by atoms with Crippen LogP contribution in [0.5, 0.6) is 0 Å². The second-order valence-corrected chi connectivity index (χ2v) is 6.68. The molecule has 0 bridgehead atoms. The number of nitrogens with one attached hydrogen (secondary N) is 1. The van der Waals surface area contributed by atoms with Gasteiger partial charge < -0.3 is 5.11 Å². The molecule has 2 N–H and O–H groups in total. The zero-order chi connectivity index (χ0) is 16.8. The number of sulfonamides is 1. The Morgan fingerprint density at radius 3 is 2.00 bits per heavy atom. The predicted octanol–water partition coefficient (Wildman–Crippen LogP) is 3.00. The van der Waals surface area contributed by atoms with E-state index in [0.29, 0.717) is 5.69 Å². The molecule has 0 radical (unpaired) electrons. The number of aliphatic carboxylic acids is 1. The standard InChI is InChI=1S/C11H15NO2S.C2HF3O2/c13-15(14,11-8-4-5-9-11)12-10-6-2-1-3-7-10;3-2(4,5)1(6)7/h1-3,6-7,11-12H,4-5,8-9H2;(H,6,7). The maximum atomic E-state index is 11.9. The molecule has 1 aromatic rings. The van der Waals surface area contributed by atoms with Gasteiger partial charge in [-0.05, 0) is 25.0 Å². The fourth-order valence-electron chi connectivity index (χ4n) is 1.95. The average molecular weight is 339 g/mol. The molecule has 0 saturated heterocycles. The van der Waals surface area contributed by atoms with Crippen molar-refractivity contribution < 1.29 is 31.5 Å². The van der Waals surface area contributed by atoms with Crippen LogP contribution in [0.15, 0.2) is 30.3 Å². The Morgan fingerprint density at radius 2 is 1.59 bits per heavy atom. The van der Waals surface area contributed by atoms with Crippen molar-refractivity contribution in [1.29, 1.82) is 0 Å². The molecule has 1 aromatic carbocycles. The number of carbonyl (C=O) groups is 1. The summed E-state index contributed by atoms with van der Waals surface area (Å²) in [6.07, 6.45) is -1.44. The molecule has 0 heterocycles. The quantitative estimate of drug-likeness (QED) is 0.887. The molecule has 0 spiro atoms. The molecule has 0 aromatic heterocycles. The maximum Gasteiger partial charge on any atom is 0.490 e. The number of carboxylic acids is 1. The van der Waals surface area contributed by atoms with Gasteiger partial charge in [-0.3, -0.25) is 4.72 Å².